The van der Waals surface area contributed by atoms with Gasteiger partial charge in [-0.25, -0.2) is 19.1 Å². The molecule has 88 valence electrons. The predicted molar refractivity (Wildman–Crippen MR) is 56.6 cm³/mol. The molecule has 0 aliphatic rings. The van der Waals surface area contributed by atoms with Gasteiger partial charge in [-0.15, -0.1) is 0 Å². The molecule has 0 saturated heterocycles. The van der Waals surface area contributed by atoms with Crippen molar-refractivity contribution >= 4 is 0 Å². The fraction of sp³-hybridized carbons (Fsp3) is 0.333. The molecule has 0 nitrogen and oxygen atoms in total. The number of rotatable bonds is 8. The zero-order valence-corrected chi connectivity index (χ0v) is 12.1. The van der Waals surface area contributed by atoms with Crippen LogP contribution in [0.15, 0.2) is 37.5 Å². The van der Waals surface area contributed by atoms with Crippen LogP contribution in [0.5, 0.6) is 0 Å². The number of hydrogen-bond acceptors (Lipinski definition) is 0. The van der Waals surface area contributed by atoms with Gasteiger partial charge in [0.15, 0.2) is 0 Å². The Morgan fingerprint density at radius 3 is 2.20 bits per heavy atom. The van der Waals surface area contributed by atoms with Crippen LogP contribution in [0.4, 0.5) is 0 Å². The number of halogens is 2. The number of hydrogen-bond donors (Lipinski definition) is 0. The Morgan fingerprint density at radius 2 is 1.67 bits per heavy atom. The molecule has 0 atom stereocenters. The summed E-state index contributed by atoms with van der Waals surface area (Å²) in [6, 6.07) is 0. The van der Waals surface area contributed by atoms with Gasteiger partial charge >= 0.3 is 19.5 Å². The molecule has 0 aromatic heterocycles. The van der Waals surface area contributed by atoms with E-state index >= 15 is 0 Å². The zero-order chi connectivity index (χ0) is 9.07. The van der Waals surface area contributed by atoms with Gasteiger partial charge in [0.25, 0.3) is 0 Å². The van der Waals surface area contributed by atoms with E-state index in [9.17, 15) is 0 Å². The van der Waals surface area contributed by atoms with Gasteiger partial charge in [-0.1, -0.05) is 18.6 Å². The zero-order valence-electron chi connectivity index (χ0n) is 8.82. The van der Waals surface area contributed by atoms with Crippen LogP contribution in [0.2, 0.25) is 0 Å². The van der Waals surface area contributed by atoms with Gasteiger partial charge in [0.1, 0.15) is 0 Å². The second-order valence-corrected chi connectivity index (χ2v) is 2.57. The SMILES string of the molecule is C=C[CH+]CC/C=C\CC[CH-]C=C.[Cl-].[Cl-].[Ru+2]. The molecule has 0 aliphatic heterocycles. The monoisotopic (exact) mass is 334 g/mol. The van der Waals surface area contributed by atoms with E-state index in [0.717, 1.165) is 25.7 Å². The van der Waals surface area contributed by atoms with Gasteiger partial charge < -0.3 is 24.8 Å². The summed E-state index contributed by atoms with van der Waals surface area (Å²) in [7, 11) is 0. The maximum atomic E-state index is 3.62. The van der Waals surface area contributed by atoms with Crippen molar-refractivity contribution in [3.05, 3.63) is 50.3 Å². The summed E-state index contributed by atoms with van der Waals surface area (Å²) < 4.78 is 0. The molecule has 0 unspecified atom stereocenters. The molecule has 0 amide bonds. The van der Waals surface area contributed by atoms with Gasteiger partial charge in [0.05, 0.1) is 6.08 Å². The van der Waals surface area contributed by atoms with Gasteiger partial charge in [-0.3, -0.25) is 0 Å². The second kappa shape index (κ2) is 23.8. The summed E-state index contributed by atoms with van der Waals surface area (Å²) in [5.41, 5.74) is 0. The fourth-order valence-electron chi connectivity index (χ4n) is 0.856. The molecular weight excluding hydrogens is 316 g/mol. The van der Waals surface area contributed by atoms with Crippen molar-refractivity contribution in [3.63, 3.8) is 0 Å². The Bertz CT molecular complexity index is 129. The summed E-state index contributed by atoms with van der Waals surface area (Å²) in [5, 5.41) is 0. The van der Waals surface area contributed by atoms with Gasteiger partial charge in [-0.2, -0.15) is 0 Å². The van der Waals surface area contributed by atoms with E-state index < -0.39 is 0 Å². The molecule has 0 aromatic carbocycles. The topological polar surface area (TPSA) is 0 Å². The quantitative estimate of drug-likeness (QED) is 0.206. The van der Waals surface area contributed by atoms with E-state index in [1.54, 1.807) is 0 Å². The average Bonchev–Trinajstić information content (AvgIpc) is 2.10. The van der Waals surface area contributed by atoms with Crippen LogP contribution < -0.4 is 24.8 Å². The molecular formula is C12H18Cl2Ru. The van der Waals surface area contributed by atoms with Crippen molar-refractivity contribution in [2.45, 2.75) is 25.7 Å². The smallest absolute Gasteiger partial charge is 1.00 e. The van der Waals surface area contributed by atoms with Crippen LogP contribution in [0.3, 0.4) is 0 Å². The minimum atomic E-state index is 0. The third-order valence-corrected chi connectivity index (χ3v) is 1.50. The molecule has 0 heterocycles. The van der Waals surface area contributed by atoms with Gasteiger partial charge in [0.2, 0.25) is 0 Å². The maximum Gasteiger partial charge on any atom is 2.00 e. The third-order valence-electron chi connectivity index (χ3n) is 1.50. The molecule has 15 heavy (non-hydrogen) atoms. The van der Waals surface area contributed by atoms with Crippen LogP contribution in [0.25, 0.3) is 0 Å². The summed E-state index contributed by atoms with van der Waals surface area (Å²) in [4.78, 5) is 0. The van der Waals surface area contributed by atoms with Crippen molar-refractivity contribution in [3.8, 4) is 0 Å². The minimum absolute atomic E-state index is 0. The first kappa shape index (κ1) is 24.4. The van der Waals surface area contributed by atoms with Gasteiger partial charge in [0, 0.05) is 19.4 Å². The van der Waals surface area contributed by atoms with Crippen molar-refractivity contribution in [1.82, 2.24) is 0 Å². The summed E-state index contributed by atoms with van der Waals surface area (Å²) in [6.07, 6.45) is 16.8. The minimum Gasteiger partial charge on any atom is -1.00 e. The Kier molecular flexibility index (Phi) is 38.7. The van der Waals surface area contributed by atoms with Crippen molar-refractivity contribution in [1.29, 1.82) is 0 Å². The average molecular weight is 334 g/mol. The fourth-order valence-corrected chi connectivity index (χ4v) is 0.856. The van der Waals surface area contributed by atoms with Crippen molar-refractivity contribution < 1.29 is 44.3 Å². The van der Waals surface area contributed by atoms with Crippen LogP contribution in [-0.2, 0) is 19.5 Å². The molecule has 0 bridgehead atoms. The third kappa shape index (κ3) is 25.0. The molecule has 0 radical (unpaired) electrons. The van der Waals surface area contributed by atoms with E-state index in [0.29, 0.717) is 0 Å². The Morgan fingerprint density at radius 1 is 1.07 bits per heavy atom. The predicted octanol–water partition coefficient (Wildman–Crippen LogP) is -2.11. The molecule has 0 aromatic rings. The van der Waals surface area contributed by atoms with E-state index in [1.165, 1.54) is 0 Å². The Balaban J connectivity index is -0.000000202. The second-order valence-electron chi connectivity index (χ2n) is 2.57. The van der Waals surface area contributed by atoms with Crippen molar-refractivity contribution in [2.24, 2.45) is 0 Å². The van der Waals surface area contributed by atoms with E-state index in [2.05, 4.69) is 38.2 Å². The number of unbranched alkanes of at least 4 members (excludes halogenated alkanes) is 4. The van der Waals surface area contributed by atoms with Crippen molar-refractivity contribution in [2.75, 3.05) is 0 Å². The van der Waals surface area contributed by atoms with E-state index in [1.807, 2.05) is 12.2 Å². The molecule has 0 spiro atoms. The molecule has 0 N–H and O–H groups in total. The first-order valence-electron chi connectivity index (χ1n) is 4.45. The summed E-state index contributed by atoms with van der Waals surface area (Å²) >= 11 is 0. The van der Waals surface area contributed by atoms with Crippen LogP contribution in [0.1, 0.15) is 25.7 Å². The standard InChI is InChI=1S/C12H18.2ClH.Ru/c1-3-5-7-9-11-12-10-8-6-4-2;;;/h3-6,11-12H,1-2,7-10H2;2*1H;/q;;;+2/p-2/b12-11-;;;. The summed E-state index contributed by atoms with van der Waals surface area (Å²) in [5.74, 6) is 0. The van der Waals surface area contributed by atoms with E-state index in [-0.39, 0.29) is 44.3 Å². The maximum absolute atomic E-state index is 3.62. The molecule has 0 aliphatic carbocycles. The molecule has 0 saturated carbocycles. The van der Waals surface area contributed by atoms with Crippen LogP contribution in [0, 0.1) is 12.8 Å². The van der Waals surface area contributed by atoms with E-state index in [4.69, 9.17) is 0 Å². The Hall–Kier alpha value is 0.163. The van der Waals surface area contributed by atoms with Crippen LogP contribution >= 0.6 is 0 Å². The first-order valence-corrected chi connectivity index (χ1v) is 4.45. The first-order chi connectivity index (χ1) is 5.91. The molecule has 3 heteroatoms. The number of allylic oxidation sites excluding steroid dienone is 4. The van der Waals surface area contributed by atoms with Crippen LogP contribution in [-0.4, -0.2) is 0 Å². The molecule has 0 rings (SSSR count). The normalized spacial score (nSPS) is 7.73. The molecule has 0 fully saturated rings. The van der Waals surface area contributed by atoms with Gasteiger partial charge in [-0.05, 0) is 12.8 Å². The summed E-state index contributed by atoms with van der Waals surface area (Å²) in [6.45, 7) is 7.25. The Labute approximate surface area is 120 Å². The largest absolute Gasteiger partial charge is 2.00 e.